The minimum atomic E-state index is -0.395. The summed E-state index contributed by atoms with van der Waals surface area (Å²) in [5.41, 5.74) is 0. The number of hydrogen-bond donors (Lipinski definition) is 1. The van der Waals surface area contributed by atoms with Crippen LogP contribution in [0.4, 0.5) is 0 Å². The van der Waals surface area contributed by atoms with E-state index in [0.717, 1.165) is 0 Å². The van der Waals surface area contributed by atoms with Crippen molar-refractivity contribution in [3.05, 3.63) is 0 Å². The molecule has 0 saturated carbocycles. The molecule has 5 heteroatoms. The molecule has 1 fully saturated rings. The summed E-state index contributed by atoms with van der Waals surface area (Å²) in [4.78, 5) is 25.8. The van der Waals surface area contributed by atoms with Gasteiger partial charge in [0, 0.05) is 7.11 Å². The average Bonchev–Trinajstić information content (AvgIpc) is 2.28. The molecule has 1 heterocycles. The third-order valence-corrected chi connectivity index (χ3v) is 3.37. The second-order valence-corrected chi connectivity index (χ2v) is 5.47. The minimum Gasteiger partial charge on any atom is -0.383 e. The Kier molecular flexibility index (Phi) is 5.14. The van der Waals surface area contributed by atoms with Crippen LogP contribution in [0.5, 0.6) is 0 Å². The number of piperazine rings is 1. The fraction of sp³-hybridized carbons (Fsp3) is 0.846. The standard InChI is InChI=1S/C13H24N2O3/c1-8(2)10(7-18-5)15-11(16)6-14-13(17)12(15)9(3)4/h8-10,12H,6-7H2,1-5H3,(H,14,17). The summed E-state index contributed by atoms with van der Waals surface area (Å²) in [5.74, 6) is 0.254. The molecule has 5 nitrogen and oxygen atoms in total. The van der Waals surface area contributed by atoms with Gasteiger partial charge in [0.2, 0.25) is 11.8 Å². The highest BCUT2D eigenvalue weighted by molar-refractivity contribution is 5.95. The number of carbonyl (C=O) groups excluding carboxylic acids is 2. The van der Waals surface area contributed by atoms with Crippen LogP contribution < -0.4 is 5.32 Å². The molecule has 104 valence electrons. The molecule has 1 aliphatic heterocycles. The van der Waals surface area contributed by atoms with Crippen LogP contribution in [0.15, 0.2) is 0 Å². The van der Waals surface area contributed by atoms with Gasteiger partial charge in [0.05, 0.1) is 19.2 Å². The van der Waals surface area contributed by atoms with E-state index in [1.165, 1.54) is 0 Å². The second-order valence-electron chi connectivity index (χ2n) is 5.47. The number of ether oxygens (including phenoxy) is 1. The fourth-order valence-corrected chi connectivity index (χ4v) is 2.42. The third kappa shape index (κ3) is 3.02. The smallest absolute Gasteiger partial charge is 0.243 e. The van der Waals surface area contributed by atoms with Gasteiger partial charge in [0.25, 0.3) is 0 Å². The van der Waals surface area contributed by atoms with E-state index in [0.29, 0.717) is 6.61 Å². The van der Waals surface area contributed by atoms with Crippen LogP contribution in [-0.4, -0.2) is 49.1 Å². The molecule has 0 aromatic carbocycles. The van der Waals surface area contributed by atoms with E-state index in [1.54, 1.807) is 12.0 Å². The zero-order chi connectivity index (χ0) is 13.9. The van der Waals surface area contributed by atoms with Crippen molar-refractivity contribution in [3.63, 3.8) is 0 Å². The van der Waals surface area contributed by atoms with Gasteiger partial charge in [0.15, 0.2) is 0 Å². The van der Waals surface area contributed by atoms with Crippen molar-refractivity contribution in [2.45, 2.75) is 39.8 Å². The molecule has 1 N–H and O–H groups in total. The predicted octanol–water partition coefficient (Wildman–Crippen LogP) is 0.640. The molecule has 1 saturated heterocycles. The minimum absolute atomic E-state index is 0.0240. The number of nitrogens with one attached hydrogen (secondary N) is 1. The summed E-state index contributed by atoms with van der Waals surface area (Å²) >= 11 is 0. The summed E-state index contributed by atoms with van der Waals surface area (Å²) in [5, 5.41) is 2.66. The zero-order valence-electron chi connectivity index (χ0n) is 11.9. The maximum atomic E-state index is 12.1. The Morgan fingerprint density at radius 1 is 1.33 bits per heavy atom. The van der Waals surface area contributed by atoms with Crippen LogP contribution >= 0.6 is 0 Å². The topological polar surface area (TPSA) is 58.6 Å². The molecule has 0 bridgehead atoms. The van der Waals surface area contributed by atoms with Crippen LogP contribution in [0.3, 0.4) is 0 Å². The molecule has 0 aliphatic carbocycles. The number of carbonyl (C=O) groups is 2. The fourth-order valence-electron chi connectivity index (χ4n) is 2.42. The van der Waals surface area contributed by atoms with Crippen molar-refractivity contribution in [1.29, 1.82) is 0 Å². The van der Waals surface area contributed by atoms with E-state index < -0.39 is 6.04 Å². The first-order valence-corrected chi connectivity index (χ1v) is 6.48. The molecule has 1 rings (SSSR count). The Morgan fingerprint density at radius 2 is 1.94 bits per heavy atom. The highest BCUT2D eigenvalue weighted by Gasteiger charge is 2.41. The van der Waals surface area contributed by atoms with Gasteiger partial charge >= 0.3 is 0 Å². The SMILES string of the molecule is COCC(C(C)C)N1C(=O)CNC(=O)C1C(C)C. The Bertz CT molecular complexity index is 315. The van der Waals surface area contributed by atoms with Crippen molar-refractivity contribution in [2.24, 2.45) is 11.8 Å². The van der Waals surface area contributed by atoms with Gasteiger partial charge in [-0.25, -0.2) is 0 Å². The first kappa shape index (κ1) is 15.0. The molecule has 2 unspecified atom stereocenters. The Morgan fingerprint density at radius 3 is 2.39 bits per heavy atom. The lowest BCUT2D eigenvalue weighted by Crippen LogP contribution is -2.64. The molecule has 0 aromatic rings. The molecule has 0 radical (unpaired) electrons. The van der Waals surface area contributed by atoms with E-state index in [9.17, 15) is 9.59 Å². The first-order chi connectivity index (χ1) is 8.40. The largest absolute Gasteiger partial charge is 0.383 e. The third-order valence-electron chi connectivity index (χ3n) is 3.37. The van der Waals surface area contributed by atoms with Gasteiger partial charge in [-0.05, 0) is 11.8 Å². The van der Waals surface area contributed by atoms with Crippen LogP contribution in [0.1, 0.15) is 27.7 Å². The lowest BCUT2D eigenvalue weighted by Gasteiger charge is -2.43. The van der Waals surface area contributed by atoms with Crippen LogP contribution in [0, 0.1) is 11.8 Å². The zero-order valence-corrected chi connectivity index (χ0v) is 11.9. The lowest BCUT2D eigenvalue weighted by atomic mass is 9.93. The number of rotatable bonds is 5. The molecular formula is C13H24N2O3. The molecule has 2 amide bonds. The van der Waals surface area contributed by atoms with Crippen LogP contribution in [0.25, 0.3) is 0 Å². The summed E-state index contributed by atoms with van der Waals surface area (Å²) in [7, 11) is 1.62. The van der Waals surface area contributed by atoms with E-state index in [-0.39, 0.29) is 36.2 Å². The number of hydrogen-bond acceptors (Lipinski definition) is 3. The maximum absolute atomic E-state index is 12.1. The van der Waals surface area contributed by atoms with Crippen molar-refractivity contribution in [2.75, 3.05) is 20.3 Å². The van der Waals surface area contributed by atoms with Gasteiger partial charge < -0.3 is 15.0 Å². The van der Waals surface area contributed by atoms with Gasteiger partial charge in [-0.3, -0.25) is 9.59 Å². The number of nitrogens with zero attached hydrogens (tertiary/aromatic N) is 1. The summed E-state index contributed by atoms with van der Waals surface area (Å²) in [6, 6.07) is -0.449. The summed E-state index contributed by atoms with van der Waals surface area (Å²) in [6.45, 7) is 8.55. The van der Waals surface area contributed by atoms with Gasteiger partial charge in [-0.2, -0.15) is 0 Å². The van der Waals surface area contributed by atoms with Crippen molar-refractivity contribution < 1.29 is 14.3 Å². The van der Waals surface area contributed by atoms with Gasteiger partial charge in [0.1, 0.15) is 6.04 Å². The Hall–Kier alpha value is -1.10. The van der Waals surface area contributed by atoms with Crippen molar-refractivity contribution in [3.8, 4) is 0 Å². The Balaban J connectivity index is 3.03. The summed E-state index contributed by atoms with van der Waals surface area (Å²) < 4.78 is 5.20. The van der Waals surface area contributed by atoms with Crippen molar-refractivity contribution in [1.82, 2.24) is 10.2 Å². The lowest BCUT2D eigenvalue weighted by molar-refractivity contribution is -0.153. The molecule has 18 heavy (non-hydrogen) atoms. The molecular weight excluding hydrogens is 232 g/mol. The first-order valence-electron chi connectivity index (χ1n) is 6.48. The van der Waals surface area contributed by atoms with E-state index in [2.05, 4.69) is 5.32 Å². The maximum Gasteiger partial charge on any atom is 0.243 e. The molecule has 0 spiro atoms. The Labute approximate surface area is 109 Å². The molecule has 1 aliphatic rings. The monoisotopic (exact) mass is 256 g/mol. The quantitative estimate of drug-likeness (QED) is 0.785. The highest BCUT2D eigenvalue weighted by Crippen LogP contribution is 2.22. The van der Waals surface area contributed by atoms with E-state index in [4.69, 9.17) is 4.74 Å². The number of methoxy groups -OCH3 is 1. The molecule has 2 atom stereocenters. The molecule has 0 aromatic heterocycles. The van der Waals surface area contributed by atoms with Gasteiger partial charge in [-0.15, -0.1) is 0 Å². The van der Waals surface area contributed by atoms with Crippen molar-refractivity contribution >= 4 is 11.8 Å². The van der Waals surface area contributed by atoms with Gasteiger partial charge in [-0.1, -0.05) is 27.7 Å². The second kappa shape index (κ2) is 6.18. The average molecular weight is 256 g/mol. The predicted molar refractivity (Wildman–Crippen MR) is 69.0 cm³/mol. The highest BCUT2D eigenvalue weighted by atomic mass is 16.5. The van der Waals surface area contributed by atoms with E-state index >= 15 is 0 Å². The van der Waals surface area contributed by atoms with Crippen LogP contribution in [-0.2, 0) is 14.3 Å². The number of amides is 2. The summed E-state index contributed by atoms with van der Waals surface area (Å²) in [6.07, 6.45) is 0. The van der Waals surface area contributed by atoms with Crippen LogP contribution in [0.2, 0.25) is 0 Å². The normalized spacial score (nSPS) is 22.6. The van der Waals surface area contributed by atoms with E-state index in [1.807, 2.05) is 27.7 Å².